The van der Waals surface area contributed by atoms with Gasteiger partial charge in [0.15, 0.2) is 5.41 Å². The molecule has 136 valence electrons. The van der Waals surface area contributed by atoms with Gasteiger partial charge in [0.05, 0.1) is 23.4 Å². The standard InChI is InChI=1S/C22H23N5/c1-2-27-11-10-17-18(12-23)21(26)22(14-24,15-25)20(19(17)13-27)9-8-16-6-4-3-5-7-16/h3-7,10,19-20H,2,8-9,11,13,26H2,1H3/t19-,20-/m0/s1. The largest absolute Gasteiger partial charge is 0.399 e. The number of nitrogens with zero attached hydrogens (tertiary/aromatic N) is 4. The lowest BCUT2D eigenvalue weighted by molar-refractivity contribution is 0.164. The summed E-state index contributed by atoms with van der Waals surface area (Å²) in [5.74, 6) is -0.283. The minimum atomic E-state index is -1.46. The van der Waals surface area contributed by atoms with E-state index in [1.54, 1.807) is 0 Å². The van der Waals surface area contributed by atoms with E-state index in [9.17, 15) is 15.8 Å². The molecule has 1 aromatic carbocycles. The van der Waals surface area contributed by atoms with E-state index in [-0.39, 0.29) is 17.5 Å². The Balaban J connectivity index is 2.07. The van der Waals surface area contributed by atoms with E-state index in [1.807, 2.05) is 18.2 Å². The zero-order valence-corrected chi connectivity index (χ0v) is 15.5. The van der Waals surface area contributed by atoms with Crippen molar-refractivity contribution in [1.29, 1.82) is 15.8 Å². The van der Waals surface area contributed by atoms with Crippen LogP contribution in [0.4, 0.5) is 0 Å². The molecule has 2 aliphatic rings. The van der Waals surface area contributed by atoms with Crippen LogP contribution in [0.1, 0.15) is 18.9 Å². The average molecular weight is 357 g/mol. The molecule has 0 saturated carbocycles. The van der Waals surface area contributed by atoms with E-state index in [1.165, 1.54) is 5.56 Å². The Hall–Kier alpha value is -3.07. The van der Waals surface area contributed by atoms with Crippen LogP contribution < -0.4 is 5.73 Å². The van der Waals surface area contributed by atoms with Crippen LogP contribution in [0.5, 0.6) is 0 Å². The Labute approximate surface area is 160 Å². The molecular weight excluding hydrogens is 334 g/mol. The van der Waals surface area contributed by atoms with Crippen molar-refractivity contribution in [2.24, 2.45) is 23.0 Å². The van der Waals surface area contributed by atoms with Crippen molar-refractivity contribution in [3.05, 3.63) is 58.8 Å². The van der Waals surface area contributed by atoms with Crippen molar-refractivity contribution in [2.75, 3.05) is 19.6 Å². The first-order valence-electron chi connectivity index (χ1n) is 9.30. The fraction of sp³-hybridized carbons (Fsp3) is 0.409. The van der Waals surface area contributed by atoms with E-state index >= 15 is 0 Å². The number of aryl methyl sites for hydroxylation is 1. The highest BCUT2D eigenvalue weighted by molar-refractivity contribution is 5.56. The van der Waals surface area contributed by atoms with Crippen LogP contribution in [0.3, 0.4) is 0 Å². The number of nitrogens with two attached hydrogens (primary N) is 1. The molecule has 1 heterocycles. The normalized spacial score (nSPS) is 24.1. The second-order valence-electron chi connectivity index (χ2n) is 7.18. The third-order valence-corrected chi connectivity index (χ3v) is 5.95. The van der Waals surface area contributed by atoms with Gasteiger partial charge in [-0.25, -0.2) is 0 Å². The Morgan fingerprint density at radius 3 is 2.48 bits per heavy atom. The van der Waals surface area contributed by atoms with Crippen molar-refractivity contribution in [3.8, 4) is 18.2 Å². The minimum absolute atomic E-state index is 0.0383. The molecule has 0 bridgehead atoms. The van der Waals surface area contributed by atoms with Crippen molar-refractivity contribution in [3.63, 3.8) is 0 Å². The highest BCUT2D eigenvalue weighted by atomic mass is 15.1. The number of likely N-dealkylation sites (N-methyl/N-ethyl adjacent to an activating group) is 1. The van der Waals surface area contributed by atoms with E-state index in [0.717, 1.165) is 31.6 Å². The Morgan fingerprint density at radius 1 is 1.19 bits per heavy atom. The van der Waals surface area contributed by atoms with Crippen LogP contribution in [-0.2, 0) is 6.42 Å². The zero-order valence-electron chi connectivity index (χ0n) is 15.5. The summed E-state index contributed by atoms with van der Waals surface area (Å²) in [6.45, 7) is 4.49. The van der Waals surface area contributed by atoms with Gasteiger partial charge in [-0.3, -0.25) is 4.90 Å². The number of fused-ring (bicyclic) bond motifs is 1. The molecule has 5 heteroatoms. The number of hydrogen-bond donors (Lipinski definition) is 1. The lowest BCUT2D eigenvalue weighted by Gasteiger charge is -2.45. The van der Waals surface area contributed by atoms with Gasteiger partial charge in [-0.15, -0.1) is 0 Å². The summed E-state index contributed by atoms with van der Waals surface area (Å²) >= 11 is 0. The summed E-state index contributed by atoms with van der Waals surface area (Å²) in [5, 5.41) is 29.6. The molecule has 0 unspecified atom stereocenters. The van der Waals surface area contributed by atoms with Gasteiger partial charge >= 0.3 is 0 Å². The summed E-state index contributed by atoms with van der Waals surface area (Å²) in [7, 11) is 0. The summed E-state index contributed by atoms with van der Waals surface area (Å²) in [6.07, 6.45) is 3.49. The van der Waals surface area contributed by atoms with Crippen molar-refractivity contribution in [1.82, 2.24) is 4.90 Å². The molecule has 0 radical (unpaired) electrons. The van der Waals surface area contributed by atoms with Crippen LogP contribution >= 0.6 is 0 Å². The molecule has 1 aromatic rings. The minimum Gasteiger partial charge on any atom is -0.399 e. The van der Waals surface area contributed by atoms with E-state index in [0.29, 0.717) is 12.0 Å². The monoisotopic (exact) mass is 357 g/mol. The van der Waals surface area contributed by atoms with Gasteiger partial charge in [0.1, 0.15) is 6.07 Å². The van der Waals surface area contributed by atoms with Crippen LogP contribution in [-0.4, -0.2) is 24.5 Å². The predicted octanol–water partition coefficient (Wildman–Crippen LogP) is 2.90. The van der Waals surface area contributed by atoms with Crippen molar-refractivity contribution in [2.45, 2.75) is 19.8 Å². The third kappa shape index (κ3) is 3.10. The smallest absolute Gasteiger partial charge is 0.187 e. The second kappa shape index (κ2) is 7.67. The quantitative estimate of drug-likeness (QED) is 0.893. The third-order valence-electron chi connectivity index (χ3n) is 5.95. The Kier molecular flexibility index (Phi) is 5.31. The molecule has 0 spiro atoms. The lowest BCUT2D eigenvalue weighted by Crippen LogP contribution is -2.49. The first-order chi connectivity index (χ1) is 13.1. The van der Waals surface area contributed by atoms with Crippen molar-refractivity contribution >= 4 is 0 Å². The first-order valence-corrected chi connectivity index (χ1v) is 9.30. The fourth-order valence-electron chi connectivity index (χ4n) is 4.39. The molecule has 2 N–H and O–H groups in total. The van der Waals surface area contributed by atoms with Crippen LogP contribution in [0.25, 0.3) is 0 Å². The maximum Gasteiger partial charge on any atom is 0.187 e. The average Bonchev–Trinajstić information content (AvgIpc) is 2.72. The molecule has 27 heavy (non-hydrogen) atoms. The molecule has 0 fully saturated rings. The zero-order chi connectivity index (χ0) is 19.4. The number of rotatable bonds is 4. The van der Waals surface area contributed by atoms with Gasteiger partial charge < -0.3 is 5.73 Å². The maximum absolute atomic E-state index is 9.98. The number of benzene rings is 1. The molecule has 1 aliphatic carbocycles. The van der Waals surface area contributed by atoms with E-state index < -0.39 is 5.41 Å². The van der Waals surface area contributed by atoms with Gasteiger partial charge in [0, 0.05) is 24.9 Å². The first kappa shape index (κ1) is 18.7. The van der Waals surface area contributed by atoms with E-state index in [4.69, 9.17) is 5.73 Å². The van der Waals surface area contributed by atoms with Crippen LogP contribution in [0.15, 0.2) is 53.3 Å². The molecule has 0 aromatic heterocycles. The second-order valence-corrected chi connectivity index (χ2v) is 7.18. The topological polar surface area (TPSA) is 101 Å². The molecule has 5 nitrogen and oxygen atoms in total. The molecule has 0 amide bonds. The SMILES string of the molecule is CCN1CC=C2C(C#N)=C(N)C(C#N)(C#N)[C@@H](CCc3ccccc3)[C@H]2C1. The lowest BCUT2D eigenvalue weighted by atomic mass is 9.58. The summed E-state index contributed by atoms with van der Waals surface area (Å²) < 4.78 is 0. The van der Waals surface area contributed by atoms with Crippen molar-refractivity contribution < 1.29 is 0 Å². The molecule has 0 saturated heterocycles. The summed E-state index contributed by atoms with van der Waals surface area (Å²) in [5.41, 5.74) is 7.36. The van der Waals surface area contributed by atoms with Gasteiger partial charge in [0.25, 0.3) is 0 Å². The van der Waals surface area contributed by atoms with Crippen LogP contribution in [0.2, 0.25) is 0 Å². The predicted molar refractivity (Wildman–Crippen MR) is 102 cm³/mol. The molecular formula is C22H23N5. The van der Waals surface area contributed by atoms with Gasteiger partial charge in [-0.2, -0.15) is 15.8 Å². The summed E-state index contributed by atoms with van der Waals surface area (Å²) in [6, 6.07) is 16.6. The molecule has 3 rings (SSSR count). The fourth-order valence-corrected chi connectivity index (χ4v) is 4.39. The number of nitriles is 3. The Bertz CT molecular complexity index is 877. The van der Waals surface area contributed by atoms with Crippen LogP contribution in [0, 0.1) is 51.2 Å². The highest BCUT2D eigenvalue weighted by Gasteiger charge is 2.53. The van der Waals surface area contributed by atoms with Gasteiger partial charge in [-0.05, 0) is 30.5 Å². The summed E-state index contributed by atoms with van der Waals surface area (Å²) in [4.78, 5) is 2.28. The molecule has 1 aliphatic heterocycles. The highest BCUT2D eigenvalue weighted by Crippen LogP contribution is 2.50. The van der Waals surface area contributed by atoms with E-state index in [2.05, 4.69) is 48.2 Å². The number of allylic oxidation sites excluding steroid dienone is 2. The number of hydrogen-bond acceptors (Lipinski definition) is 5. The molecule has 2 atom stereocenters. The van der Waals surface area contributed by atoms with Gasteiger partial charge in [0.2, 0.25) is 0 Å². The van der Waals surface area contributed by atoms with Gasteiger partial charge in [-0.1, -0.05) is 43.3 Å². The Morgan fingerprint density at radius 2 is 1.89 bits per heavy atom. The maximum atomic E-state index is 9.98.